The molecule has 0 spiro atoms. The zero-order chi connectivity index (χ0) is 14.5. The van der Waals surface area contributed by atoms with Crippen molar-refractivity contribution in [2.75, 3.05) is 12.9 Å². The predicted octanol–water partition coefficient (Wildman–Crippen LogP) is 0.256. The third-order valence-corrected chi connectivity index (χ3v) is 4.57. The Morgan fingerprint density at radius 2 is 1.74 bits per heavy atom. The topological polar surface area (TPSA) is 110 Å². The van der Waals surface area contributed by atoms with E-state index in [1.807, 2.05) is 0 Å². The second kappa shape index (κ2) is 6.33. The minimum absolute atomic E-state index is 0.239. The SMILES string of the molecule is COC(=O)CS(=O)(=O)NC1(C(=O)O)CCCCCC1. The maximum absolute atomic E-state index is 11.8. The molecule has 1 fully saturated rings. The molecule has 0 amide bonds. The number of carbonyl (C=O) groups excluding carboxylic acids is 1. The molecule has 8 heteroatoms. The summed E-state index contributed by atoms with van der Waals surface area (Å²) in [6, 6.07) is 0. The minimum Gasteiger partial charge on any atom is -0.480 e. The number of sulfonamides is 1. The lowest BCUT2D eigenvalue weighted by molar-refractivity contribution is -0.145. The number of carboxylic acids is 1. The lowest BCUT2D eigenvalue weighted by atomic mass is 9.92. The van der Waals surface area contributed by atoms with Crippen molar-refractivity contribution in [2.45, 2.75) is 44.1 Å². The third-order valence-electron chi connectivity index (χ3n) is 3.25. The first-order chi connectivity index (χ1) is 8.81. The highest BCUT2D eigenvalue weighted by atomic mass is 32.2. The van der Waals surface area contributed by atoms with Crippen molar-refractivity contribution >= 4 is 22.0 Å². The zero-order valence-electron chi connectivity index (χ0n) is 10.8. The number of carboxylic acid groups (broad SMARTS) is 1. The van der Waals surface area contributed by atoms with Gasteiger partial charge in [-0.15, -0.1) is 0 Å². The first-order valence-corrected chi connectivity index (χ1v) is 7.78. The van der Waals surface area contributed by atoms with Crippen molar-refractivity contribution in [1.82, 2.24) is 4.72 Å². The van der Waals surface area contributed by atoms with Gasteiger partial charge < -0.3 is 9.84 Å². The summed E-state index contributed by atoms with van der Waals surface area (Å²) in [5.74, 6) is -2.97. The summed E-state index contributed by atoms with van der Waals surface area (Å²) in [7, 11) is -2.94. The van der Waals surface area contributed by atoms with Gasteiger partial charge in [-0.2, -0.15) is 4.72 Å². The van der Waals surface area contributed by atoms with Crippen molar-refractivity contribution in [1.29, 1.82) is 0 Å². The van der Waals surface area contributed by atoms with Gasteiger partial charge in [0.05, 0.1) is 7.11 Å². The van der Waals surface area contributed by atoms with Crippen LogP contribution >= 0.6 is 0 Å². The Morgan fingerprint density at radius 1 is 1.21 bits per heavy atom. The molecule has 0 radical (unpaired) electrons. The number of hydrogen-bond acceptors (Lipinski definition) is 5. The summed E-state index contributed by atoms with van der Waals surface area (Å²) in [6.07, 6.45) is 3.53. The molecule has 0 aromatic carbocycles. The number of ether oxygens (including phenoxy) is 1. The summed E-state index contributed by atoms with van der Waals surface area (Å²) >= 11 is 0. The standard InChI is InChI=1S/C11H19NO6S/c1-18-9(13)8-19(16,17)12-11(10(14)15)6-4-2-3-5-7-11/h12H,2-8H2,1H3,(H,14,15). The lowest BCUT2D eigenvalue weighted by Crippen LogP contribution is -2.55. The Kier molecular flexibility index (Phi) is 5.30. The van der Waals surface area contributed by atoms with Crippen LogP contribution in [-0.2, 0) is 24.3 Å². The maximum atomic E-state index is 11.8. The van der Waals surface area contributed by atoms with Crippen molar-refractivity contribution in [3.8, 4) is 0 Å². The highest BCUT2D eigenvalue weighted by molar-refractivity contribution is 7.90. The normalized spacial score (nSPS) is 19.4. The van der Waals surface area contributed by atoms with Gasteiger partial charge in [0.15, 0.2) is 5.75 Å². The van der Waals surface area contributed by atoms with E-state index < -0.39 is 33.3 Å². The fraction of sp³-hybridized carbons (Fsp3) is 0.818. The van der Waals surface area contributed by atoms with Gasteiger partial charge in [0.2, 0.25) is 10.0 Å². The monoisotopic (exact) mass is 293 g/mol. The van der Waals surface area contributed by atoms with Crippen LogP contribution in [0.4, 0.5) is 0 Å². The van der Waals surface area contributed by atoms with Crippen molar-refractivity contribution in [2.24, 2.45) is 0 Å². The van der Waals surface area contributed by atoms with Gasteiger partial charge in [-0.1, -0.05) is 25.7 Å². The van der Waals surface area contributed by atoms with Crippen LogP contribution in [0.15, 0.2) is 0 Å². The molecule has 0 unspecified atom stereocenters. The van der Waals surface area contributed by atoms with Crippen LogP contribution in [0, 0.1) is 0 Å². The summed E-state index contributed by atoms with van der Waals surface area (Å²) in [6.45, 7) is 0. The van der Waals surface area contributed by atoms with E-state index in [2.05, 4.69) is 9.46 Å². The Hall–Kier alpha value is -1.15. The predicted molar refractivity (Wildman–Crippen MR) is 67.0 cm³/mol. The summed E-state index contributed by atoms with van der Waals surface area (Å²) in [5.41, 5.74) is -1.50. The van der Waals surface area contributed by atoms with Gasteiger partial charge in [-0.25, -0.2) is 8.42 Å². The molecule has 1 rings (SSSR count). The average Bonchev–Trinajstić information content (AvgIpc) is 2.54. The van der Waals surface area contributed by atoms with Crippen LogP contribution in [0.2, 0.25) is 0 Å². The first kappa shape index (κ1) is 15.9. The van der Waals surface area contributed by atoms with Gasteiger partial charge in [0, 0.05) is 0 Å². The molecule has 0 heterocycles. The van der Waals surface area contributed by atoms with Crippen LogP contribution < -0.4 is 4.72 Å². The number of aliphatic carboxylic acids is 1. The van der Waals surface area contributed by atoms with Crippen molar-refractivity contribution in [3.05, 3.63) is 0 Å². The molecule has 1 aliphatic carbocycles. The van der Waals surface area contributed by atoms with E-state index in [4.69, 9.17) is 0 Å². The molecule has 19 heavy (non-hydrogen) atoms. The van der Waals surface area contributed by atoms with E-state index in [9.17, 15) is 23.1 Å². The smallest absolute Gasteiger partial charge is 0.324 e. The van der Waals surface area contributed by atoms with Gasteiger partial charge >= 0.3 is 11.9 Å². The van der Waals surface area contributed by atoms with E-state index in [-0.39, 0.29) is 12.8 Å². The Labute approximate surface area is 112 Å². The number of hydrogen-bond donors (Lipinski definition) is 2. The first-order valence-electron chi connectivity index (χ1n) is 6.13. The lowest BCUT2D eigenvalue weighted by Gasteiger charge is -2.28. The number of rotatable bonds is 5. The van der Waals surface area contributed by atoms with Crippen molar-refractivity contribution < 1.29 is 27.9 Å². The summed E-state index contributed by atoms with van der Waals surface area (Å²) < 4.78 is 30.1. The van der Waals surface area contributed by atoms with Gasteiger partial charge in [0.1, 0.15) is 5.54 Å². The van der Waals surface area contributed by atoms with Crippen LogP contribution in [0.25, 0.3) is 0 Å². The van der Waals surface area contributed by atoms with E-state index >= 15 is 0 Å². The third kappa shape index (κ3) is 4.46. The molecule has 0 aromatic rings. The molecule has 7 nitrogen and oxygen atoms in total. The highest BCUT2D eigenvalue weighted by Gasteiger charge is 2.42. The molecule has 0 saturated heterocycles. The molecule has 0 bridgehead atoms. The zero-order valence-corrected chi connectivity index (χ0v) is 11.7. The molecule has 0 aromatic heterocycles. The van der Waals surface area contributed by atoms with Crippen molar-refractivity contribution in [3.63, 3.8) is 0 Å². The Bertz CT molecular complexity index is 436. The molecule has 1 aliphatic rings. The summed E-state index contributed by atoms with van der Waals surface area (Å²) in [4.78, 5) is 22.4. The highest BCUT2D eigenvalue weighted by Crippen LogP contribution is 2.28. The molecule has 110 valence electrons. The number of methoxy groups -OCH3 is 1. The molecule has 2 N–H and O–H groups in total. The number of esters is 1. The van der Waals surface area contributed by atoms with Gasteiger partial charge in [0.25, 0.3) is 0 Å². The van der Waals surface area contributed by atoms with Crippen LogP contribution in [0.3, 0.4) is 0 Å². The maximum Gasteiger partial charge on any atom is 0.324 e. The molecule has 0 aliphatic heterocycles. The fourth-order valence-corrected chi connectivity index (χ4v) is 3.63. The Balaban J connectivity index is 2.89. The van der Waals surface area contributed by atoms with E-state index in [1.165, 1.54) is 0 Å². The van der Waals surface area contributed by atoms with Crippen LogP contribution in [-0.4, -0.2) is 43.9 Å². The Morgan fingerprint density at radius 3 is 2.16 bits per heavy atom. The second-order valence-electron chi connectivity index (χ2n) is 4.74. The average molecular weight is 293 g/mol. The number of carbonyl (C=O) groups is 2. The molecular weight excluding hydrogens is 274 g/mol. The van der Waals surface area contributed by atoms with E-state index in [0.29, 0.717) is 12.8 Å². The van der Waals surface area contributed by atoms with E-state index in [1.54, 1.807) is 0 Å². The summed E-state index contributed by atoms with van der Waals surface area (Å²) in [5, 5.41) is 9.33. The van der Waals surface area contributed by atoms with Crippen LogP contribution in [0.5, 0.6) is 0 Å². The largest absolute Gasteiger partial charge is 0.480 e. The van der Waals surface area contributed by atoms with Gasteiger partial charge in [-0.05, 0) is 12.8 Å². The molecule has 1 saturated carbocycles. The minimum atomic E-state index is -4.02. The fourth-order valence-electron chi connectivity index (χ4n) is 2.24. The molecular formula is C11H19NO6S. The molecule has 0 atom stereocenters. The quantitative estimate of drug-likeness (QED) is 0.555. The van der Waals surface area contributed by atoms with E-state index in [0.717, 1.165) is 20.0 Å². The van der Waals surface area contributed by atoms with Gasteiger partial charge in [-0.3, -0.25) is 9.59 Å². The van der Waals surface area contributed by atoms with Crippen LogP contribution in [0.1, 0.15) is 38.5 Å². The second-order valence-corrected chi connectivity index (χ2v) is 6.46. The number of nitrogens with one attached hydrogen (secondary N) is 1.